The van der Waals surface area contributed by atoms with Crippen molar-refractivity contribution < 1.29 is 14.3 Å². The number of carbonyl (C=O) groups is 1. The Balaban J connectivity index is 1.89. The lowest BCUT2D eigenvalue weighted by Gasteiger charge is -2.23. The molecule has 1 aliphatic heterocycles. The molecule has 0 amide bonds. The maximum absolute atomic E-state index is 11.9. The second-order valence-electron chi connectivity index (χ2n) is 7.40. The Morgan fingerprint density at radius 1 is 1.41 bits per heavy atom. The number of hydrogen-bond acceptors (Lipinski definition) is 5. The number of nitrogens with zero attached hydrogens (tertiary/aromatic N) is 2. The molecule has 0 saturated carbocycles. The van der Waals surface area contributed by atoms with Crippen LogP contribution in [0.4, 0.5) is 5.69 Å². The summed E-state index contributed by atoms with van der Waals surface area (Å²) in [5, 5.41) is 7.03. The minimum Gasteiger partial charge on any atom is -0.495 e. The SMILES string of the molecule is CN=C(NCC(=O)OC(C)(C)C)NC1CCN(c2cc(Cl)ccc2OC)C1. The van der Waals surface area contributed by atoms with Crippen molar-refractivity contribution in [1.82, 2.24) is 10.6 Å². The Kier molecular flexibility index (Phi) is 7.18. The van der Waals surface area contributed by atoms with Crippen molar-refractivity contribution in [3.8, 4) is 5.75 Å². The van der Waals surface area contributed by atoms with Gasteiger partial charge < -0.3 is 25.0 Å². The van der Waals surface area contributed by atoms with Crippen molar-refractivity contribution in [2.45, 2.75) is 38.8 Å². The van der Waals surface area contributed by atoms with Crippen LogP contribution in [0.1, 0.15) is 27.2 Å². The minimum atomic E-state index is -0.502. The molecule has 27 heavy (non-hydrogen) atoms. The van der Waals surface area contributed by atoms with Crippen LogP contribution in [0.15, 0.2) is 23.2 Å². The summed E-state index contributed by atoms with van der Waals surface area (Å²) in [7, 11) is 3.33. The van der Waals surface area contributed by atoms with Crippen molar-refractivity contribution >= 4 is 29.2 Å². The van der Waals surface area contributed by atoms with Crippen LogP contribution in [0.5, 0.6) is 5.75 Å². The van der Waals surface area contributed by atoms with Gasteiger partial charge in [-0.2, -0.15) is 0 Å². The first-order valence-corrected chi connectivity index (χ1v) is 9.37. The maximum atomic E-state index is 11.9. The normalized spacial score (nSPS) is 17.6. The van der Waals surface area contributed by atoms with Gasteiger partial charge in [0.15, 0.2) is 5.96 Å². The van der Waals surface area contributed by atoms with Gasteiger partial charge in [0.2, 0.25) is 0 Å². The van der Waals surface area contributed by atoms with E-state index in [0.29, 0.717) is 11.0 Å². The molecule has 1 aromatic rings. The van der Waals surface area contributed by atoms with E-state index in [2.05, 4.69) is 20.5 Å². The lowest BCUT2D eigenvalue weighted by atomic mass is 10.2. The smallest absolute Gasteiger partial charge is 0.325 e. The molecule has 0 aliphatic carbocycles. The Morgan fingerprint density at radius 3 is 2.78 bits per heavy atom. The zero-order valence-electron chi connectivity index (χ0n) is 16.6. The van der Waals surface area contributed by atoms with Crippen LogP contribution >= 0.6 is 11.6 Å². The number of guanidine groups is 1. The van der Waals surface area contributed by atoms with E-state index in [9.17, 15) is 4.79 Å². The van der Waals surface area contributed by atoms with Crippen LogP contribution in [-0.4, -0.2) is 57.4 Å². The van der Waals surface area contributed by atoms with Crippen molar-refractivity contribution in [2.75, 3.05) is 38.7 Å². The van der Waals surface area contributed by atoms with Gasteiger partial charge in [-0.05, 0) is 45.4 Å². The van der Waals surface area contributed by atoms with Crippen LogP contribution < -0.4 is 20.3 Å². The molecule has 1 heterocycles. The van der Waals surface area contributed by atoms with Gasteiger partial charge in [0.05, 0.1) is 12.8 Å². The summed E-state index contributed by atoms with van der Waals surface area (Å²) in [6.45, 7) is 7.25. The molecule has 2 N–H and O–H groups in total. The van der Waals surface area contributed by atoms with Crippen LogP contribution in [0.25, 0.3) is 0 Å². The number of hydrogen-bond donors (Lipinski definition) is 2. The Morgan fingerprint density at radius 2 is 2.15 bits per heavy atom. The van der Waals surface area contributed by atoms with Crippen molar-refractivity contribution in [1.29, 1.82) is 0 Å². The molecule has 0 radical (unpaired) electrons. The number of anilines is 1. The average Bonchev–Trinajstić information content (AvgIpc) is 3.05. The summed E-state index contributed by atoms with van der Waals surface area (Å²) in [5.41, 5.74) is 0.475. The molecule has 1 saturated heterocycles. The third-order valence-electron chi connectivity index (χ3n) is 4.05. The predicted molar refractivity (Wildman–Crippen MR) is 109 cm³/mol. The number of methoxy groups -OCH3 is 1. The van der Waals surface area contributed by atoms with E-state index in [1.165, 1.54) is 0 Å². The van der Waals surface area contributed by atoms with Crippen LogP contribution in [-0.2, 0) is 9.53 Å². The van der Waals surface area contributed by atoms with E-state index in [4.69, 9.17) is 21.1 Å². The van der Waals surface area contributed by atoms with E-state index in [0.717, 1.165) is 30.9 Å². The topological polar surface area (TPSA) is 75.2 Å². The Bertz CT molecular complexity index is 688. The summed E-state index contributed by atoms with van der Waals surface area (Å²) >= 11 is 6.14. The van der Waals surface area contributed by atoms with Crippen molar-refractivity contribution in [3.63, 3.8) is 0 Å². The summed E-state index contributed by atoms with van der Waals surface area (Å²) < 4.78 is 10.7. The first-order chi connectivity index (χ1) is 12.7. The molecule has 8 heteroatoms. The van der Waals surface area contributed by atoms with Gasteiger partial charge in [-0.1, -0.05) is 11.6 Å². The van der Waals surface area contributed by atoms with E-state index < -0.39 is 5.60 Å². The van der Waals surface area contributed by atoms with Crippen molar-refractivity contribution in [2.24, 2.45) is 4.99 Å². The van der Waals surface area contributed by atoms with E-state index in [-0.39, 0.29) is 18.6 Å². The minimum absolute atomic E-state index is 0.0650. The fourth-order valence-electron chi connectivity index (χ4n) is 2.93. The second-order valence-corrected chi connectivity index (χ2v) is 7.84. The van der Waals surface area contributed by atoms with E-state index >= 15 is 0 Å². The quantitative estimate of drug-likeness (QED) is 0.452. The molecule has 1 unspecified atom stereocenters. The van der Waals surface area contributed by atoms with Gasteiger partial charge in [-0.25, -0.2) is 0 Å². The zero-order chi connectivity index (χ0) is 20.0. The number of halogens is 1. The number of benzene rings is 1. The highest BCUT2D eigenvalue weighted by Gasteiger charge is 2.26. The zero-order valence-corrected chi connectivity index (χ0v) is 17.4. The van der Waals surface area contributed by atoms with Crippen LogP contribution in [0.3, 0.4) is 0 Å². The van der Waals surface area contributed by atoms with Gasteiger partial charge in [0, 0.05) is 31.2 Å². The number of esters is 1. The van der Waals surface area contributed by atoms with Gasteiger partial charge in [-0.15, -0.1) is 0 Å². The highest BCUT2D eigenvalue weighted by Crippen LogP contribution is 2.33. The molecular weight excluding hydrogens is 368 g/mol. The number of ether oxygens (including phenoxy) is 2. The highest BCUT2D eigenvalue weighted by atomic mass is 35.5. The average molecular weight is 397 g/mol. The molecule has 150 valence electrons. The standard InChI is InChI=1S/C19H29ClN4O3/c1-19(2,3)27-17(25)11-22-18(21-4)23-14-8-9-24(12-14)15-10-13(20)6-7-16(15)26-5/h6-7,10,14H,8-9,11-12H2,1-5H3,(H2,21,22,23). The largest absolute Gasteiger partial charge is 0.495 e. The van der Waals surface area contributed by atoms with Gasteiger partial charge >= 0.3 is 5.97 Å². The van der Waals surface area contributed by atoms with E-state index in [1.54, 1.807) is 14.2 Å². The van der Waals surface area contributed by atoms with Gasteiger partial charge in [-0.3, -0.25) is 9.79 Å². The highest BCUT2D eigenvalue weighted by molar-refractivity contribution is 6.30. The van der Waals surface area contributed by atoms with Crippen molar-refractivity contribution in [3.05, 3.63) is 23.2 Å². The number of aliphatic imine (C=N–C) groups is 1. The van der Waals surface area contributed by atoms with Gasteiger partial charge in [0.1, 0.15) is 17.9 Å². The number of rotatable bonds is 5. The monoisotopic (exact) mass is 396 g/mol. The molecule has 7 nitrogen and oxygen atoms in total. The first-order valence-electron chi connectivity index (χ1n) is 8.99. The first kappa shape index (κ1) is 21.2. The molecule has 1 atom stereocenters. The summed E-state index contributed by atoms with van der Waals surface area (Å²) in [6, 6.07) is 5.80. The molecule has 1 aromatic carbocycles. The summed E-state index contributed by atoms with van der Waals surface area (Å²) in [5.74, 6) is 1.06. The summed E-state index contributed by atoms with van der Waals surface area (Å²) in [4.78, 5) is 18.3. The lowest BCUT2D eigenvalue weighted by Crippen LogP contribution is -2.46. The fraction of sp³-hybridized carbons (Fsp3) is 0.579. The third-order valence-corrected chi connectivity index (χ3v) is 4.29. The maximum Gasteiger partial charge on any atom is 0.325 e. The fourth-order valence-corrected chi connectivity index (χ4v) is 3.09. The van der Waals surface area contributed by atoms with Crippen LogP contribution in [0, 0.1) is 0 Å². The number of nitrogens with one attached hydrogen (secondary N) is 2. The van der Waals surface area contributed by atoms with Gasteiger partial charge in [0.25, 0.3) is 0 Å². The Labute approximate surface area is 166 Å². The Hall–Kier alpha value is -2.15. The molecule has 1 fully saturated rings. The number of carbonyl (C=O) groups excluding carboxylic acids is 1. The summed E-state index contributed by atoms with van der Waals surface area (Å²) in [6.07, 6.45) is 0.933. The lowest BCUT2D eigenvalue weighted by molar-refractivity contribution is -0.153. The van der Waals surface area contributed by atoms with E-state index in [1.807, 2.05) is 39.0 Å². The molecule has 1 aliphatic rings. The van der Waals surface area contributed by atoms with Crippen LogP contribution in [0.2, 0.25) is 5.02 Å². The molecule has 0 bridgehead atoms. The molecule has 0 spiro atoms. The second kappa shape index (κ2) is 9.17. The third kappa shape index (κ3) is 6.50. The predicted octanol–water partition coefficient (Wildman–Crippen LogP) is 2.43. The molecule has 0 aromatic heterocycles. The molecular formula is C19H29ClN4O3. The molecule has 2 rings (SSSR count).